The quantitative estimate of drug-likeness (QED) is 0.372. The summed E-state index contributed by atoms with van der Waals surface area (Å²) in [5, 5.41) is 7.40. The molecular weight excluding hydrogens is 170 g/mol. The molecule has 0 rings (SSSR count). The normalized spacial score (nSPS) is 9.69. The lowest BCUT2D eigenvalue weighted by atomic mass is 10.2. The molecule has 4 nitrogen and oxygen atoms in total. The van der Waals surface area contributed by atoms with Crippen LogP contribution in [-0.2, 0) is 14.3 Å². The van der Waals surface area contributed by atoms with Gasteiger partial charge in [0, 0.05) is 18.7 Å². The number of carbonyl (C=O) groups is 1. The van der Waals surface area contributed by atoms with Crippen LogP contribution in [0.25, 0.3) is 0 Å². The molecule has 0 amide bonds. The second-order valence-electron chi connectivity index (χ2n) is 2.53. The van der Waals surface area contributed by atoms with Gasteiger partial charge in [0.15, 0.2) is 0 Å². The number of hydrogen-bond acceptors (Lipinski definition) is 4. The van der Waals surface area contributed by atoms with Gasteiger partial charge < -0.3 is 14.9 Å². The maximum absolute atomic E-state index is 10.9. The van der Waals surface area contributed by atoms with Gasteiger partial charge >= 0.3 is 5.97 Å². The molecule has 0 aliphatic heterocycles. The number of ether oxygens (including phenoxy) is 2. The standard InChI is InChI=1S/C9H17NO3/c1-3-12-6-5-8(10)7-9(11)13-4-2/h10H,3-7H2,1-2H3. The Bertz CT molecular complexity index is 168. The van der Waals surface area contributed by atoms with Crippen molar-refractivity contribution in [3.05, 3.63) is 0 Å². The Labute approximate surface area is 78.7 Å². The molecule has 76 valence electrons. The summed E-state index contributed by atoms with van der Waals surface area (Å²) in [5.41, 5.74) is 0.368. The molecule has 0 bridgehead atoms. The molecule has 0 aliphatic carbocycles. The SMILES string of the molecule is CCOCCC(=N)CC(=O)OCC. The first-order valence-corrected chi connectivity index (χ1v) is 4.50. The molecule has 0 aromatic rings. The van der Waals surface area contributed by atoms with E-state index in [1.165, 1.54) is 0 Å². The van der Waals surface area contributed by atoms with E-state index in [9.17, 15) is 4.79 Å². The summed E-state index contributed by atoms with van der Waals surface area (Å²) in [7, 11) is 0. The van der Waals surface area contributed by atoms with Gasteiger partial charge in [0.2, 0.25) is 0 Å². The Hall–Kier alpha value is -0.900. The lowest BCUT2D eigenvalue weighted by Gasteiger charge is -2.03. The highest BCUT2D eigenvalue weighted by Gasteiger charge is 2.05. The number of nitrogens with one attached hydrogen (secondary N) is 1. The van der Waals surface area contributed by atoms with E-state index in [2.05, 4.69) is 0 Å². The summed E-state index contributed by atoms with van der Waals surface area (Å²) in [6.07, 6.45) is 0.591. The van der Waals surface area contributed by atoms with Crippen molar-refractivity contribution >= 4 is 11.7 Å². The maximum Gasteiger partial charge on any atom is 0.311 e. The van der Waals surface area contributed by atoms with Crippen molar-refractivity contribution in [2.24, 2.45) is 0 Å². The van der Waals surface area contributed by atoms with E-state index in [1.54, 1.807) is 6.92 Å². The summed E-state index contributed by atoms with van der Waals surface area (Å²) in [5.74, 6) is -0.330. The van der Waals surface area contributed by atoms with Crippen LogP contribution in [0.1, 0.15) is 26.7 Å². The summed E-state index contributed by atoms with van der Waals surface area (Å²) < 4.78 is 9.75. The number of carbonyl (C=O) groups excluding carboxylic acids is 1. The molecule has 13 heavy (non-hydrogen) atoms. The second kappa shape index (κ2) is 7.73. The van der Waals surface area contributed by atoms with Gasteiger partial charge in [-0.05, 0) is 13.8 Å². The van der Waals surface area contributed by atoms with Gasteiger partial charge in [0.05, 0.1) is 19.6 Å². The van der Waals surface area contributed by atoms with E-state index in [4.69, 9.17) is 14.9 Å². The van der Waals surface area contributed by atoms with E-state index in [1.807, 2.05) is 6.92 Å². The predicted molar refractivity (Wildman–Crippen MR) is 50.1 cm³/mol. The lowest BCUT2D eigenvalue weighted by Crippen LogP contribution is -2.12. The molecule has 0 aromatic heterocycles. The monoisotopic (exact) mass is 187 g/mol. The zero-order valence-corrected chi connectivity index (χ0v) is 8.26. The van der Waals surface area contributed by atoms with Crippen LogP contribution in [0.3, 0.4) is 0 Å². The highest BCUT2D eigenvalue weighted by atomic mass is 16.5. The third-order valence-electron chi connectivity index (χ3n) is 1.42. The highest BCUT2D eigenvalue weighted by Crippen LogP contribution is 1.94. The van der Waals surface area contributed by atoms with Gasteiger partial charge in [-0.25, -0.2) is 0 Å². The van der Waals surface area contributed by atoms with E-state index in [0.29, 0.717) is 32.0 Å². The van der Waals surface area contributed by atoms with Gasteiger partial charge in [0.1, 0.15) is 0 Å². The predicted octanol–water partition coefficient (Wildman–Crippen LogP) is 1.39. The number of hydrogen-bond donors (Lipinski definition) is 1. The van der Waals surface area contributed by atoms with E-state index >= 15 is 0 Å². The fraction of sp³-hybridized carbons (Fsp3) is 0.778. The fourth-order valence-electron chi connectivity index (χ4n) is 0.814. The fourth-order valence-corrected chi connectivity index (χ4v) is 0.814. The minimum absolute atomic E-state index is 0.0842. The van der Waals surface area contributed by atoms with Crippen LogP contribution >= 0.6 is 0 Å². The number of esters is 1. The Morgan fingerprint density at radius 2 is 2.00 bits per heavy atom. The average Bonchev–Trinajstić information content (AvgIpc) is 2.05. The average molecular weight is 187 g/mol. The molecule has 0 unspecified atom stereocenters. The van der Waals surface area contributed by atoms with Crippen molar-refractivity contribution < 1.29 is 14.3 Å². The van der Waals surface area contributed by atoms with E-state index in [0.717, 1.165) is 0 Å². The minimum Gasteiger partial charge on any atom is -0.466 e. The van der Waals surface area contributed by atoms with Crippen molar-refractivity contribution in [1.29, 1.82) is 5.41 Å². The summed E-state index contributed by atoms with van der Waals surface area (Å²) in [4.78, 5) is 10.9. The highest BCUT2D eigenvalue weighted by molar-refractivity contribution is 5.97. The van der Waals surface area contributed by atoms with Crippen LogP contribution in [0.15, 0.2) is 0 Å². The van der Waals surface area contributed by atoms with Crippen molar-refractivity contribution in [2.75, 3.05) is 19.8 Å². The van der Waals surface area contributed by atoms with Gasteiger partial charge in [-0.1, -0.05) is 0 Å². The van der Waals surface area contributed by atoms with Crippen LogP contribution < -0.4 is 0 Å². The molecule has 0 aromatic carbocycles. The molecule has 0 atom stereocenters. The van der Waals surface area contributed by atoms with E-state index < -0.39 is 0 Å². The Kier molecular flexibility index (Phi) is 7.20. The van der Waals surface area contributed by atoms with Crippen LogP contribution in [0.2, 0.25) is 0 Å². The van der Waals surface area contributed by atoms with Gasteiger partial charge in [0.25, 0.3) is 0 Å². The molecule has 0 aliphatic rings. The Balaban J connectivity index is 3.44. The van der Waals surface area contributed by atoms with E-state index in [-0.39, 0.29) is 12.4 Å². The molecule has 1 N–H and O–H groups in total. The Morgan fingerprint density at radius 1 is 1.31 bits per heavy atom. The molecule has 0 saturated carbocycles. The molecule has 4 heteroatoms. The van der Waals surface area contributed by atoms with Gasteiger partial charge in [-0.2, -0.15) is 0 Å². The molecule has 0 heterocycles. The summed E-state index contributed by atoms with van der Waals surface area (Å²) in [6.45, 7) is 5.18. The van der Waals surface area contributed by atoms with Crippen molar-refractivity contribution in [2.45, 2.75) is 26.7 Å². The zero-order chi connectivity index (χ0) is 10.1. The minimum atomic E-state index is -0.330. The second-order valence-corrected chi connectivity index (χ2v) is 2.53. The maximum atomic E-state index is 10.9. The van der Waals surface area contributed by atoms with Crippen LogP contribution in [0.4, 0.5) is 0 Å². The molecule has 0 fully saturated rings. The first kappa shape index (κ1) is 12.1. The van der Waals surface area contributed by atoms with Crippen LogP contribution in [-0.4, -0.2) is 31.5 Å². The third kappa shape index (κ3) is 7.46. The lowest BCUT2D eigenvalue weighted by molar-refractivity contribution is -0.141. The smallest absolute Gasteiger partial charge is 0.311 e. The molecule has 0 saturated heterocycles. The largest absolute Gasteiger partial charge is 0.466 e. The van der Waals surface area contributed by atoms with Crippen molar-refractivity contribution in [3.8, 4) is 0 Å². The van der Waals surface area contributed by atoms with Crippen LogP contribution in [0, 0.1) is 5.41 Å². The third-order valence-corrected chi connectivity index (χ3v) is 1.42. The van der Waals surface area contributed by atoms with Gasteiger partial charge in [-0.15, -0.1) is 0 Å². The zero-order valence-electron chi connectivity index (χ0n) is 8.26. The number of rotatable bonds is 7. The topological polar surface area (TPSA) is 59.4 Å². The summed E-state index contributed by atoms with van der Waals surface area (Å²) >= 11 is 0. The Morgan fingerprint density at radius 3 is 2.54 bits per heavy atom. The van der Waals surface area contributed by atoms with Gasteiger partial charge in [-0.3, -0.25) is 4.79 Å². The first-order valence-electron chi connectivity index (χ1n) is 4.50. The van der Waals surface area contributed by atoms with Crippen LogP contribution in [0.5, 0.6) is 0 Å². The summed E-state index contributed by atoms with van der Waals surface area (Å²) in [6, 6.07) is 0. The molecule has 0 spiro atoms. The molecular formula is C9H17NO3. The van der Waals surface area contributed by atoms with Crippen molar-refractivity contribution in [1.82, 2.24) is 0 Å². The molecule has 0 radical (unpaired) electrons. The van der Waals surface area contributed by atoms with Crippen molar-refractivity contribution in [3.63, 3.8) is 0 Å². The first-order chi connectivity index (χ1) is 6.20.